The fourth-order valence-corrected chi connectivity index (χ4v) is 2.06. The van der Waals surface area contributed by atoms with Crippen molar-refractivity contribution < 1.29 is 9.31 Å². The van der Waals surface area contributed by atoms with E-state index < -0.39 is 18.3 Å². The highest BCUT2D eigenvalue weighted by atomic mass is 35.5. The van der Waals surface area contributed by atoms with Gasteiger partial charge in [-0.05, 0) is 39.8 Å². The Morgan fingerprint density at radius 1 is 1.06 bits per heavy atom. The second-order valence-corrected chi connectivity index (χ2v) is 5.94. The SMILES string of the molecule is CC1(C)OB(c2cc(Cl)cc(Cl)n2)OC1(C)C. The van der Waals surface area contributed by atoms with Gasteiger partial charge in [0.1, 0.15) is 5.15 Å². The first-order valence-electron chi connectivity index (χ1n) is 5.40. The lowest BCUT2D eigenvalue weighted by atomic mass is 9.84. The van der Waals surface area contributed by atoms with Crippen molar-refractivity contribution in [1.82, 2.24) is 4.98 Å². The van der Waals surface area contributed by atoms with Gasteiger partial charge in [-0.1, -0.05) is 23.2 Å². The highest BCUT2D eigenvalue weighted by Crippen LogP contribution is 2.36. The molecule has 0 aliphatic carbocycles. The maximum absolute atomic E-state index is 5.94. The summed E-state index contributed by atoms with van der Waals surface area (Å²) in [7, 11) is -0.531. The van der Waals surface area contributed by atoms with Crippen LogP contribution in [0.15, 0.2) is 12.1 Å². The minimum atomic E-state index is -0.531. The van der Waals surface area contributed by atoms with E-state index in [0.717, 1.165) is 0 Å². The molecule has 3 nitrogen and oxygen atoms in total. The zero-order chi connectivity index (χ0) is 12.8. The van der Waals surface area contributed by atoms with Crippen molar-refractivity contribution in [3.63, 3.8) is 0 Å². The number of rotatable bonds is 1. The first-order valence-corrected chi connectivity index (χ1v) is 6.15. The van der Waals surface area contributed by atoms with Gasteiger partial charge in [-0.2, -0.15) is 0 Å². The van der Waals surface area contributed by atoms with E-state index in [2.05, 4.69) is 4.98 Å². The Morgan fingerprint density at radius 2 is 1.59 bits per heavy atom. The second kappa shape index (κ2) is 4.13. The molecule has 92 valence electrons. The first-order chi connectivity index (χ1) is 7.71. The molecule has 1 saturated heterocycles. The molecule has 17 heavy (non-hydrogen) atoms. The molecule has 0 saturated carbocycles. The number of hydrogen-bond acceptors (Lipinski definition) is 3. The number of pyridine rings is 1. The summed E-state index contributed by atoms with van der Waals surface area (Å²) in [6.45, 7) is 7.94. The molecule has 1 aliphatic rings. The fraction of sp³-hybridized carbons (Fsp3) is 0.545. The van der Waals surface area contributed by atoms with Crippen LogP contribution >= 0.6 is 23.2 Å². The maximum atomic E-state index is 5.94. The lowest BCUT2D eigenvalue weighted by Gasteiger charge is -2.32. The molecule has 0 unspecified atom stereocenters. The summed E-state index contributed by atoms with van der Waals surface area (Å²) in [6.07, 6.45) is 0. The molecule has 1 aromatic heterocycles. The third kappa shape index (κ3) is 2.45. The average molecular weight is 274 g/mol. The molecule has 0 radical (unpaired) electrons. The Morgan fingerprint density at radius 3 is 2.06 bits per heavy atom. The van der Waals surface area contributed by atoms with Gasteiger partial charge in [0.25, 0.3) is 0 Å². The van der Waals surface area contributed by atoms with Crippen LogP contribution in [0, 0.1) is 0 Å². The predicted molar refractivity (Wildman–Crippen MR) is 70.0 cm³/mol. The Bertz CT molecular complexity index is 415. The van der Waals surface area contributed by atoms with Crippen molar-refractivity contribution in [1.29, 1.82) is 0 Å². The van der Waals surface area contributed by atoms with Crippen molar-refractivity contribution in [3.05, 3.63) is 22.3 Å². The summed E-state index contributed by atoms with van der Waals surface area (Å²) in [6, 6.07) is 3.29. The molecule has 1 aliphatic heterocycles. The van der Waals surface area contributed by atoms with Crippen LogP contribution in [-0.2, 0) is 9.31 Å². The minimum absolute atomic E-state index is 0.335. The van der Waals surface area contributed by atoms with E-state index in [1.165, 1.54) is 0 Å². The third-order valence-electron chi connectivity index (χ3n) is 3.27. The quantitative estimate of drug-likeness (QED) is 0.582. The highest BCUT2D eigenvalue weighted by Gasteiger charge is 2.52. The van der Waals surface area contributed by atoms with Gasteiger partial charge in [0, 0.05) is 5.02 Å². The Labute approximate surface area is 112 Å². The van der Waals surface area contributed by atoms with Crippen LogP contribution in [0.4, 0.5) is 0 Å². The maximum Gasteiger partial charge on any atom is 0.514 e. The minimum Gasteiger partial charge on any atom is -0.398 e. The number of aromatic nitrogens is 1. The molecular weight excluding hydrogens is 260 g/mol. The Kier molecular flexibility index (Phi) is 3.19. The van der Waals surface area contributed by atoms with Crippen LogP contribution in [0.5, 0.6) is 0 Å². The number of hydrogen-bond donors (Lipinski definition) is 0. The van der Waals surface area contributed by atoms with Crippen LogP contribution in [0.25, 0.3) is 0 Å². The Hall–Kier alpha value is -0.285. The van der Waals surface area contributed by atoms with Gasteiger partial charge in [0.2, 0.25) is 0 Å². The molecule has 0 bridgehead atoms. The van der Waals surface area contributed by atoms with Crippen molar-refractivity contribution in [2.75, 3.05) is 0 Å². The monoisotopic (exact) mass is 273 g/mol. The number of nitrogens with zero attached hydrogens (tertiary/aromatic N) is 1. The summed E-state index contributed by atoms with van der Waals surface area (Å²) < 4.78 is 11.7. The van der Waals surface area contributed by atoms with Gasteiger partial charge in [0.05, 0.1) is 16.8 Å². The summed E-state index contributed by atoms with van der Waals surface area (Å²) >= 11 is 11.8. The lowest BCUT2D eigenvalue weighted by Crippen LogP contribution is -2.41. The van der Waals surface area contributed by atoms with Gasteiger partial charge >= 0.3 is 7.12 Å². The van der Waals surface area contributed by atoms with E-state index >= 15 is 0 Å². The molecule has 0 amide bonds. The summed E-state index contributed by atoms with van der Waals surface area (Å²) in [4.78, 5) is 4.18. The zero-order valence-electron chi connectivity index (χ0n) is 10.3. The standard InChI is InChI=1S/C11H14BCl2NO2/c1-10(2)11(3,4)17-12(16-10)8-5-7(13)6-9(14)15-8/h5-6H,1-4H3. The van der Waals surface area contributed by atoms with Gasteiger partial charge < -0.3 is 9.31 Å². The van der Waals surface area contributed by atoms with Crippen molar-refractivity contribution >= 4 is 35.9 Å². The molecule has 2 heterocycles. The second-order valence-electron chi connectivity index (χ2n) is 5.12. The molecule has 0 N–H and O–H groups in total. The van der Waals surface area contributed by atoms with Crippen molar-refractivity contribution in [2.45, 2.75) is 38.9 Å². The van der Waals surface area contributed by atoms with Crippen LogP contribution in [0.2, 0.25) is 10.2 Å². The smallest absolute Gasteiger partial charge is 0.398 e. The van der Waals surface area contributed by atoms with Crippen LogP contribution in [0.3, 0.4) is 0 Å². The van der Waals surface area contributed by atoms with E-state index in [1.54, 1.807) is 12.1 Å². The van der Waals surface area contributed by atoms with E-state index in [-0.39, 0.29) is 0 Å². The van der Waals surface area contributed by atoms with Gasteiger partial charge in [-0.25, -0.2) is 4.98 Å². The van der Waals surface area contributed by atoms with E-state index in [1.807, 2.05) is 27.7 Å². The summed E-state index contributed by atoms with van der Waals surface area (Å²) in [5, 5.41) is 0.858. The first kappa shape index (κ1) is 13.2. The molecule has 0 aromatic carbocycles. The topological polar surface area (TPSA) is 31.4 Å². The normalized spacial score (nSPS) is 21.9. The van der Waals surface area contributed by atoms with Gasteiger partial charge in [-0.15, -0.1) is 0 Å². The van der Waals surface area contributed by atoms with Crippen LogP contribution in [0.1, 0.15) is 27.7 Å². The molecule has 2 rings (SSSR count). The molecule has 0 spiro atoms. The highest BCUT2D eigenvalue weighted by molar-refractivity contribution is 6.61. The molecule has 1 fully saturated rings. The van der Waals surface area contributed by atoms with E-state index in [9.17, 15) is 0 Å². The van der Waals surface area contributed by atoms with E-state index in [0.29, 0.717) is 15.8 Å². The van der Waals surface area contributed by atoms with Crippen LogP contribution in [-0.4, -0.2) is 23.3 Å². The molecule has 0 atom stereocenters. The average Bonchev–Trinajstić information content (AvgIpc) is 2.34. The molecular formula is C11H14BCl2NO2. The Balaban J connectivity index is 2.32. The number of halogens is 2. The third-order valence-corrected chi connectivity index (χ3v) is 3.69. The van der Waals surface area contributed by atoms with Crippen molar-refractivity contribution in [3.8, 4) is 0 Å². The lowest BCUT2D eigenvalue weighted by molar-refractivity contribution is 0.00578. The largest absolute Gasteiger partial charge is 0.514 e. The van der Waals surface area contributed by atoms with E-state index in [4.69, 9.17) is 32.5 Å². The molecule has 1 aromatic rings. The van der Waals surface area contributed by atoms with Gasteiger partial charge in [0.15, 0.2) is 0 Å². The predicted octanol–water partition coefficient (Wildman–Crippen LogP) is 2.69. The summed E-state index contributed by atoms with van der Waals surface area (Å²) in [5.74, 6) is 0. The molecule has 6 heteroatoms. The summed E-state index contributed by atoms with van der Waals surface area (Å²) in [5.41, 5.74) is -0.191. The van der Waals surface area contributed by atoms with Gasteiger partial charge in [-0.3, -0.25) is 0 Å². The fourth-order valence-electron chi connectivity index (χ4n) is 1.57. The van der Waals surface area contributed by atoms with Crippen molar-refractivity contribution in [2.24, 2.45) is 0 Å². The van der Waals surface area contributed by atoms with Crippen LogP contribution < -0.4 is 5.59 Å². The zero-order valence-corrected chi connectivity index (χ0v) is 11.8.